The third kappa shape index (κ3) is 5.38. The summed E-state index contributed by atoms with van der Waals surface area (Å²) in [6.45, 7) is 5.39. The topological polar surface area (TPSA) is 122 Å². The summed E-state index contributed by atoms with van der Waals surface area (Å²) in [6.07, 6.45) is 4.27. The number of amides is 1. The van der Waals surface area contributed by atoms with Crippen LogP contribution in [0.1, 0.15) is 58.9 Å². The lowest BCUT2D eigenvalue weighted by atomic mass is 9.95. The minimum atomic E-state index is -3.27. The van der Waals surface area contributed by atoms with Crippen LogP contribution >= 0.6 is 11.6 Å². The molecule has 11 nitrogen and oxygen atoms in total. The summed E-state index contributed by atoms with van der Waals surface area (Å²) < 4.78 is 29.3. The van der Waals surface area contributed by atoms with Crippen LogP contribution in [0.25, 0.3) is 33.1 Å². The first-order chi connectivity index (χ1) is 22.3. The summed E-state index contributed by atoms with van der Waals surface area (Å²) in [4.78, 5) is 32.8. The van der Waals surface area contributed by atoms with Crippen LogP contribution in [0, 0.1) is 6.92 Å². The van der Waals surface area contributed by atoms with Crippen LogP contribution in [-0.4, -0.2) is 69.3 Å². The molecule has 47 heavy (non-hydrogen) atoms. The highest BCUT2D eigenvalue weighted by molar-refractivity contribution is 7.88. The van der Waals surface area contributed by atoms with Crippen LogP contribution < -0.4 is 10.9 Å². The maximum absolute atomic E-state index is 13.9. The first kappa shape index (κ1) is 31.3. The van der Waals surface area contributed by atoms with E-state index in [1.165, 1.54) is 10.6 Å². The van der Waals surface area contributed by atoms with E-state index in [2.05, 4.69) is 23.3 Å². The number of pyridine rings is 2. The van der Waals surface area contributed by atoms with Gasteiger partial charge in [0.2, 0.25) is 10.0 Å². The molecule has 1 N–H and O–H groups in total. The number of carbonyl (C=O) groups excluding carboxylic acids is 1. The number of piperidine rings is 1. The molecule has 0 spiro atoms. The zero-order chi connectivity index (χ0) is 33.4. The van der Waals surface area contributed by atoms with Crippen LogP contribution in [0.5, 0.6) is 0 Å². The van der Waals surface area contributed by atoms with Gasteiger partial charge in [-0.1, -0.05) is 23.7 Å². The number of hydrogen-bond acceptors (Lipinski definition) is 7. The molecule has 0 bridgehead atoms. The van der Waals surface area contributed by atoms with E-state index < -0.39 is 10.0 Å². The second kappa shape index (κ2) is 11.5. The van der Waals surface area contributed by atoms with Crippen molar-refractivity contribution in [2.75, 3.05) is 31.7 Å². The highest BCUT2D eigenvalue weighted by Gasteiger charge is 2.29. The van der Waals surface area contributed by atoms with E-state index in [1.54, 1.807) is 29.6 Å². The van der Waals surface area contributed by atoms with Gasteiger partial charge in [-0.2, -0.15) is 5.10 Å². The Kier molecular flexibility index (Phi) is 7.64. The molecule has 0 saturated carbocycles. The van der Waals surface area contributed by atoms with E-state index in [9.17, 15) is 18.0 Å². The average molecular weight is 674 g/mol. The van der Waals surface area contributed by atoms with Crippen molar-refractivity contribution < 1.29 is 13.2 Å². The van der Waals surface area contributed by atoms with Crippen LogP contribution in [0.3, 0.4) is 0 Å². The molecule has 1 amide bonds. The van der Waals surface area contributed by atoms with E-state index >= 15 is 0 Å². The predicted octanol–water partition coefficient (Wildman–Crippen LogP) is 5.27. The van der Waals surface area contributed by atoms with Crippen molar-refractivity contribution in [3.05, 3.63) is 86.4 Å². The molecule has 1 saturated heterocycles. The Balaban J connectivity index is 1.30. The summed E-state index contributed by atoms with van der Waals surface area (Å²) >= 11 is 6.40. The van der Waals surface area contributed by atoms with Gasteiger partial charge in [-0.15, -0.1) is 0 Å². The molecule has 2 aliphatic heterocycles. The van der Waals surface area contributed by atoms with Crippen molar-refractivity contribution in [3.63, 3.8) is 0 Å². The van der Waals surface area contributed by atoms with Crippen molar-refractivity contribution in [3.8, 4) is 11.3 Å². The van der Waals surface area contributed by atoms with E-state index in [4.69, 9.17) is 16.7 Å². The van der Waals surface area contributed by atoms with Crippen molar-refractivity contribution in [1.82, 2.24) is 28.5 Å². The number of nitrogens with one attached hydrogen (secondary N) is 1. The second-order valence-corrected chi connectivity index (χ2v) is 15.2. The number of halogens is 1. The third-order valence-corrected chi connectivity index (χ3v) is 11.0. The van der Waals surface area contributed by atoms with E-state index in [0.717, 1.165) is 38.7 Å². The summed E-state index contributed by atoms with van der Waals surface area (Å²) in [5.74, 6) is 0.00374. The highest BCUT2D eigenvalue weighted by Crippen LogP contribution is 2.37. The molecule has 2 aromatic carbocycles. The predicted molar refractivity (Wildman–Crippen MR) is 184 cm³/mol. The molecule has 1 fully saturated rings. The monoisotopic (exact) mass is 673 g/mol. The van der Waals surface area contributed by atoms with E-state index in [0.29, 0.717) is 59.9 Å². The number of carbonyl (C=O) groups is 1. The smallest absolute Gasteiger partial charge is 0.259 e. The lowest BCUT2D eigenvalue weighted by molar-refractivity contribution is 0.0816. The zero-order valence-corrected chi connectivity index (χ0v) is 28.5. The van der Waals surface area contributed by atoms with Crippen molar-refractivity contribution in [2.24, 2.45) is 7.05 Å². The number of anilines is 1. The molecule has 13 heteroatoms. The van der Waals surface area contributed by atoms with Crippen LogP contribution in [-0.2, 0) is 23.6 Å². The number of hydrogen-bond donors (Lipinski definition) is 1. The fourth-order valence-electron chi connectivity index (χ4n) is 7.15. The Morgan fingerprint density at radius 2 is 1.77 bits per heavy atom. The van der Waals surface area contributed by atoms with Gasteiger partial charge in [-0.05, 0) is 73.7 Å². The maximum atomic E-state index is 13.9. The van der Waals surface area contributed by atoms with Gasteiger partial charge in [0.1, 0.15) is 10.8 Å². The van der Waals surface area contributed by atoms with Crippen LogP contribution in [0.2, 0.25) is 5.15 Å². The number of fused-ring (bicyclic) bond motifs is 4. The zero-order valence-electron chi connectivity index (χ0n) is 26.9. The molecule has 0 radical (unpaired) electrons. The normalized spacial score (nSPS) is 16.7. The van der Waals surface area contributed by atoms with Crippen LogP contribution in [0.15, 0.2) is 53.5 Å². The second-order valence-electron chi connectivity index (χ2n) is 12.8. The molecule has 244 valence electrons. The quantitative estimate of drug-likeness (QED) is 0.244. The molecule has 7 rings (SSSR count). The average Bonchev–Trinajstić information content (AvgIpc) is 3.60. The lowest BCUT2D eigenvalue weighted by Crippen LogP contribution is -2.38. The van der Waals surface area contributed by atoms with Gasteiger partial charge in [0.25, 0.3) is 11.5 Å². The number of benzene rings is 2. The molecular formula is C34H36ClN7O4S. The van der Waals surface area contributed by atoms with Gasteiger partial charge in [0, 0.05) is 67.1 Å². The Labute approximate surface area is 277 Å². The Morgan fingerprint density at radius 1 is 1.02 bits per heavy atom. The molecular weight excluding hydrogens is 638 g/mol. The third-order valence-electron chi connectivity index (χ3n) is 9.51. The summed E-state index contributed by atoms with van der Waals surface area (Å²) in [5.41, 5.74) is 6.41. The molecule has 2 aliphatic rings. The SMILES string of the molecule is Cc1cc(C(C)Nc2ccc(Cl)nc2-c2ccc3c(c2)CN(C)C3=O)c2c(c1)c(=O)n(C)c1c2cnn1C1CCN(S(C)(=O)=O)CC1. The first-order valence-corrected chi connectivity index (χ1v) is 17.8. The van der Waals surface area contributed by atoms with Gasteiger partial charge in [-0.25, -0.2) is 22.4 Å². The van der Waals surface area contributed by atoms with E-state index in [1.807, 2.05) is 48.1 Å². The van der Waals surface area contributed by atoms with Gasteiger partial charge < -0.3 is 10.2 Å². The Morgan fingerprint density at radius 3 is 2.49 bits per heavy atom. The summed E-state index contributed by atoms with van der Waals surface area (Å²) in [7, 11) is 0.291. The summed E-state index contributed by atoms with van der Waals surface area (Å²) in [6, 6.07) is 13.1. The van der Waals surface area contributed by atoms with Crippen molar-refractivity contribution >= 4 is 55.0 Å². The van der Waals surface area contributed by atoms with Crippen LogP contribution in [0.4, 0.5) is 5.69 Å². The Hall–Kier alpha value is -4.26. The van der Waals surface area contributed by atoms with Crippen molar-refractivity contribution in [2.45, 2.75) is 45.3 Å². The number of sulfonamides is 1. The number of nitrogens with zero attached hydrogens (tertiary/aromatic N) is 6. The minimum Gasteiger partial charge on any atom is -0.377 e. The summed E-state index contributed by atoms with van der Waals surface area (Å²) in [5, 5.41) is 11.1. The fraction of sp³-hybridized carbons (Fsp3) is 0.353. The molecule has 0 aliphatic carbocycles. The number of rotatable bonds is 6. The molecule has 5 heterocycles. The number of aromatic nitrogens is 4. The standard InChI is InChI=1S/C34H36ClN7O4S/c1-19-14-25(20(2)37-28-8-9-29(35)38-31(28)21-6-7-24-22(16-21)18-39(3)33(24)43)30-26(15-19)34(44)40(4)32-27(30)17-36-42(32)23-10-12-41(13-11-23)47(5,45)46/h6-9,14-17,20,23,37H,10-13,18H2,1-5H3. The number of aryl methyl sites for hydroxylation is 2. The maximum Gasteiger partial charge on any atom is 0.259 e. The molecule has 1 unspecified atom stereocenters. The van der Waals surface area contributed by atoms with Crippen molar-refractivity contribution in [1.29, 1.82) is 0 Å². The molecule has 5 aromatic rings. The minimum absolute atomic E-state index is 0.00374. The van der Waals surface area contributed by atoms with Gasteiger partial charge >= 0.3 is 0 Å². The van der Waals surface area contributed by atoms with Gasteiger partial charge in [-0.3, -0.25) is 14.2 Å². The molecule has 1 atom stereocenters. The Bertz CT molecular complexity index is 2270. The van der Waals surface area contributed by atoms with E-state index in [-0.39, 0.29) is 23.6 Å². The first-order valence-electron chi connectivity index (χ1n) is 15.6. The highest BCUT2D eigenvalue weighted by atomic mass is 35.5. The fourth-order valence-corrected chi connectivity index (χ4v) is 8.17. The largest absolute Gasteiger partial charge is 0.377 e. The lowest BCUT2D eigenvalue weighted by Gasteiger charge is -2.30. The molecule has 3 aromatic heterocycles. The van der Waals surface area contributed by atoms with Gasteiger partial charge in [0.15, 0.2) is 0 Å². The van der Waals surface area contributed by atoms with Gasteiger partial charge in [0.05, 0.1) is 29.9 Å².